The Balaban J connectivity index is 0.00000220. The summed E-state index contributed by atoms with van der Waals surface area (Å²) < 4.78 is 10.6. The lowest BCUT2D eigenvalue weighted by molar-refractivity contribution is 0.0708. The molecule has 1 aromatic rings. The highest BCUT2D eigenvalue weighted by Crippen LogP contribution is 2.30. The highest BCUT2D eigenvalue weighted by atomic mass is 35.5. The van der Waals surface area contributed by atoms with Crippen LogP contribution in [0.2, 0.25) is 0 Å². The van der Waals surface area contributed by atoms with Crippen LogP contribution in [-0.4, -0.2) is 44.2 Å². The van der Waals surface area contributed by atoms with E-state index in [1.807, 2.05) is 6.92 Å². The SMILES string of the molecule is COc1cc(C(=O)N2CCCC(N)C2)cc(OC)c1C.Cl. The molecule has 1 unspecified atom stereocenters. The predicted octanol–water partition coefficient (Wildman–Crippen LogP) is 2.00. The van der Waals surface area contributed by atoms with Crippen LogP contribution in [0.5, 0.6) is 11.5 Å². The van der Waals surface area contributed by atoms with Crippen LogP contribution in [0.25, 0.3) is 0 Å². The fraction of sp³-hybridized carbons (Fsp3) is 0.533. The molecule has 0 aromatic heterocycles. The van der Waals surface area contributed by atoms with E-state index in [0.29, 0.717) is 23.6 Å². The fourth-order valence-electron chi connectivity index (χ4n) is 2.59. The van der Waals surface area contributed by atoms with Gasteiger partial charge in [-0.3, -0.25) is 4.79 Å². The first-order valence-electron chi connectivity index (χ1n) is 6.84. The van der Waals surface area contributed by atoms with Crippen LogP contribution in [-0.2, 0) is 0 Å². The van der Waals surface area contributed by atoms with E-state index in [4.69, 9.17) is 15.2 Å². The molecule has 118 valence electrons. The van der Waals surface area contributed by atoms with Crippen LogP contribution < -0.4 is 15.2 Å². The maximum absolute atomic E-state index is 12.6. The molecule has 1 saturated heterocycles. The number of nitrogens with zero attached hydrogens (tertiary/aromatic N) is 1. The van der Waals surface area contributed by atoms with Crippen LogP contribution in [0.15, 0.2) is 12.1 Å². The fourth-order valence-corrected chi connectivity index (χ4v) is 2.59. The van der Waals surface area contributed by atoms with Crippen LogP contribution >= 0.6 is 12.4 Å². The maximum atomic E-state index is 12.6. The first-order chi connectivity index (χ1) is 9.56. The molecule has 5 nitrogen and oxygen atoms in total. The van der Waals surface area contributed by atoms with Crippen molar-refractivity contribution in [3.63, 3.8) is 0 Å². The van der Waals surface area contributed by atoms with Crippen molar-refractivity contribution in [2.75, 3.05) is 27.3 Å². The number of halogens is 1. The Morgan fingerprint density at radius 3 is 2.33 bits per heavy atom. The number of methoxy groups -OCH3 is 2. The van der Waals surface area contributed by atoms with E-state index in [1.54, 1.807) is 31.3 Å². The molecule has 0 spiro atoms. The molecule has 1 amide bonds. The number of nitrogens with two attached hydrogens (primary N) is 1. The zero-order chi connectivity index (χ0) is 14.7. The topological polar surface area (TPSA) is 64.8 Å². The number of benzene rings is 1. The number of rotatable bonds is 3. The van der Waals surface area contributed by atoms with Crippen molar-refractivity contribution < 1.29 is 14.3 Å². The molecule has 2 N–H and O–H groups in total. The largest absolute Gasteiger partial charge is 0.496 e. The molecule has 21 heavy (non-hydrogen) atoms. The summed E-state index contributed by atoms with van der Waals surface area (Å²) in [6.45, 7) is 3.27. The normalized spacial score (nSPS) is 17.9. The van der Waals surface area contributed by atoms with E-state index in [2.05, 4.69) is 0 Å². The molecule has 0 radical (unpaired) electrons. The molecular weight excluding hydrogens is 292 g/mol. The summed E-state index contributed by atoms with van der Waals surface area (Å²) in [7, 11) is 3.18. The molecule has 1 aliphatic rings. The second-order valence-corrected chi connectivity index (χ2v) is 5.16. The number of ether oxygens (including phenoxy) is 2. The summed E-state index contributed by atoms with van der Waals surface area (Å²) in [5, 5.41) is 0. The van der Waals surface area contributed by atoms with Gasteiger partial charge in [0.25, 0.3) is 5.91 Å². The van der Waals surface area contributed by atoms with E-state index in [9.17, 15) is 4.79 Å². The minimum Gasteiger partial charge on any atom is -0.496 e. The average Bonchev–Trinajstić information content (AvgIpc) is 2.46. The number of carbonyl (C=O) groups excluding carboxylic acids is 1. The molecule has 0 saturated carbocycles. The monoisotopic (exact) mass is 314 g/mol. The summed E-state index contributed by atoms with van der Waals surface area (Å²) >= 11 is 0. The van der Waals surface area contributed by atoms with Crippen molar-refractivity contribution in [2.24, 2.45) is 5.73 Å². The number of carbonyl (C=O) groups is 1. The highest BCUT2D eigenvalue weighted by Gasteiger charge is 2.23. The molecule has 1 aliphatic heterocycles. The number of likely N-dealkylation sites (tertiary alicyclic amines) is 1. The molecule has 0 bridgehead atoms. The predicted molar refractivity (Wildman–Crippen MR) is 84.6 cm³/mol. The standard InChI is InChI=1S/C15H22N2O3.ClH/c1-10-13(19-2)7-11(8-14(10)20-3)15(18)17-6-4-5-12(16)9-17;/h7-8,12H,4-6,9,16H2,1-3H3;1H. The summed E-state index contributed by atoms with van der Waals surface area (Å²) in [6.07, 6.45) is 1.93. The Labute approximate surface area is 131 Å². The zero-order valence-corrected chi connectivity index (χ0v) is 13.5. The summed E-state index contributed by atoms with van der Waals surface area (Å²) in [6, 6.07) is 3.60. The lowest BCUT2D eigenvalue weighted by Gasteiger charge is -2.31. The van der Waals surface area contributed by atoms with Crippen LogP contribution in [0.1, 0.15) is 28.8 Å². The zero-order valence-electron chi connectivity index (χ0n) is 12.7. The molecule has 1 fully saturated rings. The van der Waals surface area contributed by atoms with Gasteiger partial charge in [0.05, 0.1) is 14.2 Å². The second-order valence-electron chi connectivity index (χ2n) is 5.16. The molecule has 0 aliphatic carbocycles. The number of piperidine rings is 1. The molecule has 1 heterocycles. The van der Waals surface area contributed by atoms with Gasteiger partial charge in [-0.1, -0.05) is 0 Å². The van der Waals surface area contributed by atoms with Gasteiger partial charge < -0.3 is 20.1 Å². The van der Waals surface area contributed by atoms with Crippen molar-refractivity contribution in [3.8, 4) is 11.5 Å². The van der Waals surface area contributed by atoms with Crippen molar-refractivity contribution in [2.45, 2.75) is 25.8 Å². The van der Waals surface area contributed by atoms with Crippen molar-refractivity contribution in [3.05, 3.63) is 23.3 Å². The second kappa shape index (κ2) is 7.52. The third-order valence-corrected chi connectivity index (χ3v) is 3.74. The number of hydrogen-bond acceptors (Lipinski definition) is 4. The van der Waals surface area contributed by atoms with Gasteiger partial charge in [0, 0.05) is 30.3 Å². The summed E-state index contributed by atoms with van der Waals surface area (Å²) in [5.74, 6) is 1.31. The van der Waals surface area contributed by atoms with Gasteiger partial charge >= 0.3 is 0 Å². The van der Waals surface area contributed by atoms with Gasteiger partial charge in [-0.05, 0) is 31.9 Å². The Bertz CT molecular complexity index is 483. The highest BCUT2D eigenvalue weighted by molar-refractivity contribution is 5.95. The smallest absolute Gasteiger partial charge is 0.254 e. The lowest BCUT2D eigenvalue weighted by atomic mass is 10.0. The lowest BCUT2D eigenvalue weighted by Crippen LogP contribution is -2.45. The number of hydrogen-bond donors (Lipinski definition) is 1. The third-order valence-electron chi connectivity index (χ3n) is 3.74. The van der Waals surface area contributed by atoms with Gasteiger partial charge in [0.1, 0.15) is 11.5 Å². The maximum Gasteiger partial charge on any atom is 0.254 e. The first-order valence-corrected chi connectivity index (χ1v) is 6.84. The van der Waals surface area contributed by atoms with Crippen LogP contribution in [0.4, 0.5) is 0 Å². The van der Waals surface area contributed by atoms with Crippen LogP contribution in [0.3, 0.4) is 0 Å². The van der Waals surface area contributed by atoms with Crippen molar-refractivity contribution >= 4 is 18.3 Å². The number of amides is 1. The Morgan fingerprint density at radius 2 is 1.86 bits per heavy atom. The Kier molecular flexibility index (Phi) is 6.30. The summed E-state index contributed by atoms with van der Waals surface area (Å²) in [4.78, 5) is 14.4. The third kappa shape index (κ3) is 3.80. The molecule has 1 aromatic carbocycles. The minimum absolute atomic E-state index is 0. The molecule has 1 atom stereocenters. The van der Waals surface area contributed by atoms with Crippen LogP contribution in [0, 0.1) is 6.92 Å². The van der Waals surface area contributed by atoms with Crippen molar-refractivity contribution in [1.82, 2.24) is 4.90 Å². The van der Waals surface area contributed by atoms with E-state index < -0.39 is 0 Å². The quantitative estimate of drug-likeness (QED) is 0.926. The summed E-state index contributed by atoms with van der Waals surface area (Å²) in [5.41, 5.74) is 7.41. The minimum atomic E-state index is -0.0169. The molecular formula is C15H23ClN2O3. The first kappa shape index (κ1) is 17.6. The Morgan fingerprint density at radius 1 is 1.29 bits per heavy atom. The van der Waals surface area contributed by atoms with E-state index in [0.717, 1.165) is 24.9 Å². The van der Waals surface area contributed by atoms with Gasteiger partial charge in [-0.25, -0.2) is 0 Å². The van der Waals surface area contributed by atoms with E-state index >= 15 is 0 Å². The van der Waals surface area contributed by atoms with E-state index in [1.165, 1.54) is 0 Å². The Hall–Kier alpha value is -1.46. The van der Waals surface area contributed by atoms with Gasteiger partial charge in [-0.2, -0.15) is 0 Å². The average molecular weight is 315 g/mol. The van der Waals surface area contributed by atoms with Crippen molar-refractivity contribution in [1.29, 1.82) is 0 Å². The van der Waals surface area contributed by atoms with Gasteiger partial charge in [-0.15, -0.1) is 12.4 Å². The molecule has 2 rings (SSSR count). The molecule has 6 heteroatoms. The van der Waals surface area contributed by atoms with Gasteiger partial charge in [0.2, 0.25) is 0 Å². The van der Waals surface area contributed by atoms with E-state index in [-0.39, 0.29) is 24.4 Å². The van der Waals surface area contributed by atoms with Gasteiger partial charge in [0.15, 0.2) is 0 Å².